The van der Waals surface area contributed by atoms with Crippen LogP contribution in [0.25, 0.3) is 17.0 Å². The molecule has 2 aromatic rings. The molecular formula is C11H8ClNO. The molecule has 0 aliphatic heterocycles. The summed E-state index contributed by atoms with van der Waals surface area (Å²) in [6, 6.07) is 5.61. The van der Waals surface area contributed by atoms with Gasteiger partial charge in [-0.1, -0.05) is 11.6 Å². The van der Waals surface area contributed by atoms with Gasteiger partial charge in [0.25, 0.3) is 0 Å². The summed E-state index contributed by atoms with van der Waals surface area (Å²) in [6.45, 7) is 0. The lowest BCUT2D eigenvalue weighted by Gasteiger charge is -1.92. The van der Waals surface area contributed by atoms with E-state index in [-0.39, 0.29) is 0 Å². The SMILES string of the molecule is O=C/C=C/c1c[nH]c2ccc(Cl)cc12. The monoisotopic (exact) mass is 205 g/mol. The second kappa shape index (κ2) is 3.68. The molecule has 0 saturated carbocycles. The van der Waals surface area contributed by atoms with E-state index in [0.717, 1.165) is 22.8 Å². The average Bonchev–Trinajstić information content (AvgIpc) is 2.57. The highest BCUT2D eigenvalue weighted by Gasteiger charge is 2.00. The fourth-order valence-electron chi connectivity index (χ4n) is 1.40. The summed E-state index contributed by atoms with van der Waals surface area (Å²) in [4.78, 5) is 13.3. The number of hydrogen-bond acceptors (Lipinski definition) is 1. The van der Waals surface area contributed by atoms with Gasteiger partial charge in [0.15, 0.2) is 0 Å². The number of rotatable bonds is 2. The van der Waals surface area contributed by atoms with E-state index < -0.39 is 0 Å². The number of benzene rings is 1. The number of fused-ring (bicyclic) bond motifs is 1. The van der Waals surface area contributed by atoms with Crippen molar-refractivity contribution in [3.05, 3.63) is 41.1 Å². The number of aromatic amines is 1. The van der Waals surface area contributed by atoms with Gasteiger partial charge in [0.05, 0.1) is 0 Å². The van der Waals surface area contributed by atoms with Crippen molar-refractivity contribution >= 4 is 34.9 Å². The van der Waals surface area contributed by atoms with Crippen LogP contribution in [0.1, 0.15) is 5.56 Å². The minimum atomic E-state index is 0.692. The number of halogens is 1. The van der Waals surface area contributed by atoms with Crippen molar-refractivity contribution in [3.63, 3.8) is 0 Å². The number of allylic oxidation sites excluding steroid dienone is 1. The van der Waals surface area contributed by atoms with E-state index in [2.05, 4.69) is 4.98 Å². The highest BCUT2D eigenvalue weighted by atomic mass is 35.5. The Labute approximate surface area is 86.2 Å². The highest BCUT2D eigenvalue weighted by molar-refractivity contribution is 6.31. The van der Waals surface area contributed by atoms with Gasteiger partial charge in [0.2, 0.25) is 0 Å². The number of nitrogens with one attached hydrogen (secondary N) is 1. The molecule has 0 fully saturated rings. The van der Waals surface area contributed by atoms with Crippen molar-refractivity contribution in [2.24, 2.45) is 0 Å². The van der Waals surface area contributed by atoms with Crippen LogP contribution in [0.4, 0.5) is 0 Å². The van der Waals surface area contributed by atoms with Crippen molar-refractivity contribution < 1.29 is 4.79 Å². The maximum Gasteiger partial charge on any atom is 0.142 e. The van der Waals surface area contributed by atoms with E-state index >= 15 is 0 Å². The number of H-pyrrole nitrogens is 1. The van der Waals surface area contributed by atoms with Crippen molar-refractivity contribution in [1.82, 2.24) is 4.98 Å². The molecular weight excluding hydrogens is 198 g/mol. The van der Waals surface area contributed by atoms with Crippen LogP contribution in [-0.4, -0.2) is 11.3 Å². The van der Waals surface area contributed by atoms with E-state index in [9.17, 15) is 4.79 Å². The molecule has 0 aliphatic carbocycles. The number of carbonyl (C=O) groups is 1. The van der Waals surface area contributed by atoms with Gasteiger partial charge in [-0.15, -0.1) is 0 Å². The third kappa shape index (κ3) is 1.56. The molecule has 2 rings (SSSR count). The van der Waals surface area contributed by atoms with Crippen LogP contribution in [0, 0.1) is 0 Å². The number of hydrogen-bond donors (Lipinski definition) is 1. The fourth-order valence-corrected chi connectivity index (χ4v) is 1.57. The van der Waals surface area contributed by atoms with E-state index in [1.54, 1.807) is 6.08 Å². The van der Waals surface area contributed by atoms with Gasteiger partial charge >= 0.3 is 0 Å². The van der Waals surface area contributed by atoms with Gasteiger partial charge in [-0.25, -0.2) is 0 Å². The molecule has 0 amide bonds. The average molecular weight is 206 g/mol. The summed E-state index contributed by atoms with van der Waals surface area (Å²) in [6.07, 6.45) is 5.82. The van der Waals surface area contributed by atoms with Crippen LogP contribution in [0.3, 0.4) is 0 Å². The van der Waals surface area contributed by atoms with Gasteiger partial charge in [0, 0.05) is 22.1 Å². The van der Waals surface area contributed by atoms with Gasteiger partial charge in [-0.3, -0.25) is 4.79 Å². The zero-order chi connectivity index (χ0) is 9.97. The molecule has 0 spiro atoms. The Morgan fingerprint density at radius 3 is 3.00 bits per heavy atom. The lowest BCUT2D eigenvalue weighted by molar-refractivity contribution is -0.104. The Balaban J connectivity index is 2.60. The van der Waals surface area contributed by atoms with Crippen molar-refractivity contribution in [2.45, 2.75) is 0 Å². The van der Waals surface area contributed by atoms with Crippen LogP contribution in [-0.2, 0) is 4.79 Å². The molecule has 1 N–H and O–H groups in total. The van der Waals surface area contributed by atoms with Gasteiger partial charge in [-0.2, -0.15) is 0 Å². The van der Waals surface area contributed by atoms with Crippen LogP contribution in [0.2, 0.25) is 5.02 Å². The first-order valence-electron chi connectivity index (χ1n) is 4.20. The second-order valence-corrected chi connectivity index (χ2v) is 3.37. The highest BCUT2D eigenvalue weighted by Crippen LogP contribution is 2.22. The molecule has 70 valence electrons. The van der Waals surface area contributed by atoms with E-state index in [4.69, 9.17) is 11.6 Å². The third-order valence-electron chi connectivity index (χ3n) is 2.03. The first-order chi connectivity index (χ1) is 6.81. The first-order valence-corrected chi connectivity index (χ1v) is 4.57. The van der Waals surface area contributed by atoms with Crippen molar-refractivity contribution in [3.8, 4) is 0 Å². The minimum absolute atomic E-state index is 0.692. The Kier molecular flexibility index (Phi) is 2.37. The molecule has 1 aromatic heterocycles. The van der Waals surface area contributed by atoms with Crippen molar-refractivity contribution in [1.29, 1.82) is 0 Å². The lowest BCUT2D eigenvalue weighted by Crippen LogP contribution is -1.70. The molecule has 1 aromatic carbocycles. The van der Waals surface area contributed by atoms with Crippen LogP contribution >= 0.6 is 11.6 Å². The molecule has 3 heteroatoms. The van der Waals surface area contributed by atoms with Crippen LogP contribution < -0.4 is 0 Å². The van der Waals surface area contributed by atoms with Gasteiger partial charge in [-0.05, 0) is 35.9 Å². The lowest BCUT2D eigenvalue weighted by atomic mass is 10.1. The van der Waals surface area contributed by atoms with E-state index in [1.165, 1.54) is 6.08 Å². The zero-order valence-electron chi connectivity index (χ0n) is 7.33. The number of carbonyl (C=O) groups excluding carboxylic acids is 1. The number of aromatic nitrogens is 1. The van der Waals surface area contributed by atoms with E-state index in [0.29, 0.717) is 5.02 Å². The summed E-state index contributed by atoms with van der Waals surface area (Å²) < 4.78 is 0. The molecule has 0 radical (unpaired) electrons. The molecule has 0 bridgehead atoms. The summed E-state index contributed by atoms with van der Waals surface area (Å²) in [5.41, 5.74) is 1.98. The smallest absolute Gasteiger partial charge is 0.142 e. The topological polar surface area (TPSA) is 32.9 Å². The standard InChI is InChI=1S/C11H8ClNO/c12-9-3-4-11-10(6-9)8(7-13-11)2-1-5-14/h1-7,13H/b2-1+. The van der Waals surface area contributed by atoms with Crippen LogP contribution in [0.5, 0.6) is 0 Å². The third-order valence-corrected chi connectivity index (χ3v) is 2.27. The molecule has 2 nitrogen and oxygen atoms in total. The molecule has 0 atom stereocenters. The van der Waals surface area contributed by atoms with Crippen LogP contribution in [0.15, 0.2) is 30.5 Å². The maximum atomic E-state index is 10.2. The predicted molar refractivity (Wildman–Crippen MR) is 58.4 cm³/mol. The number of aldehydes is 1. The summed E-state index contributed by atoms with van der Waals surface area (Å²) in [5.74, 6) is 0. The molecule has 0 unspecified atom stereocenters. The Hall–Kier alpha value is -1.54. The zero-order valence-corrected chi connectivity index (χ0v) is 8.08. The van der Waals surface area contributed by atoms with E-state index in [1.807, 2.05) is 24.4 Å². The Morgan fingerprint density at radius 2 is 2.21 bits per heavy atom. The summed E-state index contributed by atoms with van der Waals surface area (Å²) >= 11 is 5.87. The minimum Gasteiger partial charge on any atom is -0.361 e. The van der Waals surface area contributed by atoms with Gasteiger partial charge < -0.3 is 4.98 Å². The largest absolute Gasteiger partial charge is 0.361 e. The molecule has 1 heterocycles. The Morgan fingerprint density at radius 1 is 1.36 bits per heavy atom. The summed E-state index contributed by atoms with van der Waals surface area (Å²) in [7, 11) is 0. The first kappa shape index (κ1) is 9.03. The summed E-state index contributed by atoms with van der Waals surface area (Å²) in [5, 5.41) is 1.72. The molecule has 0 saturated heterocycles. The molecule has 14 heavy (non-hydrogen) atoms. The fraction of sp³-hybridized carbons (Fsp3) is 0. The quantitative estimate of drug-likeness (QED) is 0.593. The second-order valence-electron chi connectivity index (χ2n) is 2.93. The molecule has 0 aliphatic rings. The van der Waals surface area contributed by atoms with Gasteiger partial charge in [0.1, 0.15) is 6.29 Å². The predicted octanol–water partition coefficient (Wildman–Crippen LogP) is 3.03. The Bertz CT molecular complexity index is 499. The normalized spacial score (nSPS) is 11.2. The maximum absolute atomic E-state index is 10.2. The van der Waals surface area contributed by atoms with Crippen molar-refractivity contribution in [2.75, 3.05) is 0 Å².